The zero-order valence-corrected chi connectivity index (χ0v) is 40.6. The molecule has 71 heavy (non-hydrogen) atoms. The Hall–Kier alpha value is -6.17. The Kier molecular flexibility index (Phi) is 13.5. The summed E-state index contributed by atoms with van der Waals surface area (Å²) in [5, 5.41) is 11.2. The van der Waals surface area contributed by atoms with Gasteiger partial charge >= 0.3 is 6.03 Å². The molecule has 3 atom stereocenters. The molecule has 1 saturated carbocycles. The molecule has 0 spiro atoms. The van der Waals surface area contributed by atoms with Gasteiger partial charge in [-0.25, -0.2) is 18.0 Å². The van der Waals surface area contributed by atoms with Crippen LogP contribution in [0.4, 0.5) is 23.8 Å². The topological polar surface area (TPSA) is 164 Å². The number of amides is 5. The summed E-state index contributed by atoms with van der Waals surface area (Å²) in [6, 6.07) is 19.4. The number of benzene rings is 4. The van der Waals surface area contributed by atoms with Crippen molar-refractivity contribution in [2.24, 2.45) is 18.7 Å². The van der Waals surface area contributed by atoms with Gasteiger partial charge in [0.15, 0.2) is 23.0 Å². The molecule has 18 heteroatoms. The van der Waals surface area contributed by atoms with Crippen LogP contribution in [-0.2, 0) is 22.2 Å². The number of nitrogens with two attached hydrogens (primary N) is 1. The number of ether oxygens (including phenoxy) is 2. The van der Waals surface area contributed by atoms with Crippen LogP contribution in [0.2, 0.25) is 5.02 Å². The van der Waals surface area contributed by atoms with Crippen LogP contribution in [-0.4, -0.2) is 108 Å². The first kappa shape index (κ1) is 48.5. The van der Waals surface area contributed by atoms with E-state index in [2.05, 4.69) is 37.7 Å². The number of aromatic nitrogens is 2. The summed E-state index contributed by atoms with van der Waals surface area (Å²) in [5.41, 5.74) is 7.31. The minimum Gasteiger partial charge on any atom is -0.488 e. The van der Waals surface area contributed by atoms with Crippen LogP contribution >= 0.6 is 11.6 Å². The smallest absolute Gasteiger partial charge is 0.329 e. The zero-order valence-electron chi connectivity index (χ0n) is 39.8. The highest BCUT2D eigenvalue weighted by Gasteiger charge is 2.50. The standard InChI is InChI=1S/C53H58ClF3N8O6/c1-30-44-42(27-39(56)47(54)46(44)45-38(49(58)67)14-15-41(48(45)57)70-25-20-55)71-53(30,34-6-4-3-5-7-34)29-59-35-11-8-32(9-12-35)51(68)64-23-18-36(28-64)63-21-16-31(17-22-63)33-10-13-37-40(26-33)62(2)61-50(37)65-24-19-43(66)60-52(65)69/h3-7,10,13-15,26-27,30-32,35-36,59H,8-9,11-12,16-25,28-29H2,1-2H3,(H2,58,67)(H,60,66,69)/t30-,32?,35?,36+,53-/m0/s1. The Bertz CT molecular complexity index is 2890. The number of nitrogens with one attached hydrogen (secondary N) is 2. The Morgan fingerprint density at radius 2 is 1.72 bits per heavy atom. The molecule has 374 valence electrons. The van der Waals surface area contributed by atoms with Gasteiger partial charge in [-0.3, -0.25) is 34.2 Å². The van der Waals surface area contributed by atoms with Crippen molar-refractivity contribution >= 4 is 52.1 Å². The maximum Gasteiger partial charge on any atom is 0.329 e. The van der Waals surface area contributed by atoms with Crippen LogP contribution in [0.15, 0.2) is 66.7 Å². The number of primary amides is 1. The van der Waals surface area contributed by atoms with E-state index in [1.807, 2.05) is 50.4 Å². The van der Waals surface area contributed by atoms with Crippen molar-refractivity contribution in [3.05, 3.63) is 106 Å². The minimum atomic E-state index is -1.12. The van der Waals surface area contributed by atoms with E-state index in [9.17, 15) is 23.6 Å². The maximum absolute atomic E-state index is 16.4. The Labute approximate surface area is 414 Å². The molecule has 0 bridgehead atoms. The van der Waals surface area contributed by atoms with E-state index in [-0.39, 0.29) is 64.9 Å². The zero-order chi connectivity index (χ0) is 49.7. The first-order valence-electron chi connectivity index (χ1n) is 24.7. The number of carbonyl (C=O) groups excluding carboxylic acids is 4. The molecule has 5 heterocycles. The molecule has 4 aromatic carbocycles. The second-order valence-corrected chi connectivity index (χ2v) is 20.1. The lowest BCUT2D eigenvalue weighted by molar-refractivity contribution is -0.135. The number of nitrogens with zero attached hydrogens (tertiary/aromatic N) is 5. The average molecular weight is 996 g/mol. The van der Waals surface area contributed by atoms with Crippen LogP contribution in [0, 0.1) is 17.6 Å². The number of piperidine rings is 1. The number of carbonyl (C=O) groups is 4. The normalized spacial score (nSPS) is 24.0. The molecule has 4 N–H and O–H groups in total. The number of hydrogen-bond donors (Lipinski definition) is 3. The number of likely N-dealkylation sites (tertiary alicyclic amines) is 2. The van der Waals surface area contributed by atoms with E-state index in [1.165, 1.54) is 28.7 Å². The molecular formula is C53H58ClF3N8O6. The number of urea groups is 1. The molecular weight excluding hydrogens is 937 g/mol. The van der Waals surface area contributed by atoms with E-state index in [4.69, 9.17) is 26.8 Å². The highest BCUT2D eigenvalue weighted by atomic mass is 35.5. The summed E-state index contributed by atoms with van der Waals surface area (Å²) in [6.45, 7) is 4.51. The number of aryl methyl sites for hydroxylation is 1. The molecule has 5 aromatic rings. The van der Waals surface area contributed by atoms with Crippen molar-refractivity contribution in [1.82, 2.24) is 30.2 Å². The fourth-order valence-electron chi connectivity index (χ4n) is 11.9. The molecule has 1 aliphatic carbocycles. The highest BCUT2D eigenvalue weighted by Crippen LogP contribution is 2.56. The van der Waals surface area contributed by atoms with Gasteiger partial charge in [0.1, 0.15) is 24.8 Å². The minimum absolute atomic E-state index is 0.0542. The van der Waals surface area contributed by atoms with Crippen LogP contribution in [0.3, 0.4) is 0 Å². The molecule has 0 radical (unpaired) electrons. The number of hydrogen-bond acceptors (Lipinski definition) is 9. The number of alkyl halides is 1. The predicted octanol–water partition coefficient (Wildman–Crippen LogP) is 8.09. The Morgan fingerprint density at radius 3 is 2.44 bits per heavy atom. The summed E-state index contributed by atoms with van der Waals surface area (Å²) in [5.74, 6) is -2.85. The number of imide groups is 1. The monoisotopic (exact) mass is 994 g/mol. The molecule has 10 rings (SSSR count). The lowest BCUT2D eigenvalue weighted by atomic mass is 9.77. The van der Waals surface area contributed by atoms with Gasteiger partial charge in [0.2, 0.25) is 17.7 Å². The van der Waals surface area contributed by atoms with E-state index >= 15 is 8.78 Å². The van der Waals surface area contributed by atoms with E-state index in [1.54, 1.807) is 4.68 Å². The van der Waals surface area contributed by atoms with Crippen molar-refractivity contribution in [1.29, 1.82) is 0 Å². The second kappa shape index (κ2) is 19.8. The molecule has 1 aromatic heterocycles. The molecule has 5 amide bonds. The van der Waals surface area contributed by atoms with Crippen molar-refractivity contribution in [2.45, 2.75) is 87.8 Å². The van der Waals surface area contributed by atoms with E-state index in [0.29, 0.717) is 29.9 Å². The summed E-state index contributed by atoms with van der Waals surface area (Å²) in [4.78, 5) is 57.3. The average Bonchev–Trinajstić information content (AvgIpc) is 4.08. The lowest BCUT2D eigenvalue weighted by Gasteiger charge is -2.38. The fraction of sp³-hybridized carbons (Fsp3) is 0.453. The van der Waals surface area contributed by atoms with Crippen LogP contribution in [0.1, 0.15) is 97.2 Å². The second-order valence-electron chi connectivity index (χ2n) is 19.7. The summed E-state index contributed by atoms with van der Waals surface area (Å²) < 4.78 is 59.3. The van der Waals surface area contributed by atoms with Gasteiger partial charge in [-0.15, -0.1) is 0 Å². The Balaban J connectivity index is 0.767. The number of rotatable bonds is 13. The first-order valence-corrected chi connectivity index (χ1v) is 25.1. The summed E-state index contributed by atoms with van der Waals surface area (Å²) in [6.07, 6.45) is 6.17. The van der Waals surface area contributed by atoms with Crippen LogP contribution in [0.5, 0.6) is 11.5 Å². The van der Waals surface area contributed by atoms with Gasteiger partial charge in [-0.2, -0.15) is 5.10 Å². The van der Waals surface area contributed by atoms with Crippen molar-refractivity contribution in [2.75, 3.05) is 57.4 Å². The molecule has 0 unspecified atom stereocenters. The van der Waals surface area contributed by atoms with Gasteiger partial charge in [-0.05, 0) is 99.3 Å². The quantitative estimate of drug-likeness (QED) is 0.106. The summed E-state index contributed by atoms with van der Waals surface area (Å²) >= 11 is 6.71. The Morgan fingerprint density at radius 1 is 0.958 bits per heavy atom. The van der Waals surface area contributed by atoms with E-state index < -0.39 is 53.4 Å². The molecule has 14 nitrogen and oxygen atoms in total. The van der Waals surface area contributed by atoms with Crippen molar-refractivity contribution in [3.63, 3.8) is 0 Å². The van der Waals surface area contributed by atoms with Crippen LogP contribution < -0.4 is 30.7 Å². The fourth-order valence-corrected chi connectivity index (χ4v) is 12.1. The SMILES string of the molecule is C[C@H]1c2c(cc(F)c(Cl)c2-c2c(C(N)=O)ccc(OCCF)c2F)O[C@]1(CNC1CCC(C(=O)N2CC[C@@H](N3CCC(c4ccc5c(N6CCC(=O)NC6=O)nn(C)c5c4)CC3)C2)CC1)c1ccccc1. The third kappa shape index (κ3) is 8.98. The maximum atomic E-state index is 16.4. The van der Waals surface area contributed by atoms with Gasteiger partial charge in [-0.1, -0.05) is 54.9 Å². The first-order chi connectivity index (χ1) is 34.3. The number of anilines is 1. The highest BCUT2D eigenvalue weighted by molar-refractivity contribution is 6.34. The van der Waals surface area contributed by atoms with Crippen molar-refractivity contribution < 1.29 is 41.8 Å². The van der Waals surface area contributed by atoms with E-state index in [0.717, 1.165) is 87.6 Å². The molecule has 4 aliphatic heterocycles. The predicted molar refractivity (Wildman–Crippen MR) is 262 cm³/mol. The largest absolute Gasteiger partial charge is 0.488 e. The van der Waals surface area contributed by atoms with Crippen molar-refractivity contribution in [3.8, 4) is 22.6 Å². The van der Waals surface area contributed by atoms with Crippen LogP contribution in [0.25, 0.3) is 22.0 Å². The molecule has 4 fully saturated rings. The van der Waals surface area contributed by atoms with Gasteiger partial charge < -0.3 is 25.4 Å². The molecule has 3 saturated heterocycles. The molecule has 5 aliphatic rings. The number of halogens is 4. The third-order valence-corrected chi connectivity index (χ3v) is 16.1. The summed E-state index contributed by atoms with van der Waals surface area (Å²) in [7, 11) is 1.88. The number of fused-ring (bicyclic) bond motifs is 2. The van der Waals surface area contributed by atoms with Gasteiger partial charge in [0, 0.05) is 91.7 Å². The third-order valence-electron chi connectivity index (χ3n) is 15.8. The van der Waals surface area contributed by atoms with Gasteiger partial charge in [0.05, 0.1) is 16.1 Å². The van der Waals surface area contributed by atoms with Gasteiger partial charge in [0.25, 0.3) is 0 Å². The lowest BCUT2D eigenvalue weighted by Crippen LogP contribution is -2.49.